The standard InChI is InChI=1S/C15H22F2N2O/c1-4-6-7-19(10(3)5-2)15(20)11-8-14(18)13(17)9-12(11)16/h8-10H,4-7,18H2,1-3H3. The molecule has 1 unspecified atom stereocenters. The summed E-state index contributed by atoms with van der Waals surface area (Å²) >= 11 is 0. The van der Waals surface area contributed by atoms with Crippen molar-refractivity contribution in [2.75, 3.05) is 12.3 Å². The quantitative estimate of drug-likeness (QED) is 0.811. The molecule has 0 radical (unpaired) electrons. The normalized spacial score (nSPS) is 12.2. The van der Waals surface area contributed by atoms with Crippen LogP contribution < -0.4 is 5.73 Å². The zero-order valence-corrected chi connectivity index (χ0v) is 12.2. The summed E-state index contributed by atoms with van der Waals surface area (Å²) in [6, 6.07) is 1.74. The zero-order valence-electron chi connectivity index (χ0n) is 12.2. The maximum Gasteiger partial charge on any atom is 0.257 e. The molecule has 5 heteroatoms. The summed E-state index contributed by atoms with van der Waals surface area (Å²) in [5.41, 5.74) is 5.04. The van der Waals surface area contributed by atoms with Crippen LogP contribution in [-0.4, -0.2) is 23.4 Å². The van der Waals surface area contributed by atoms with Gasteiger partial charge in [0.05, 0.1) is 11.3 Å². The van der Waals surface area contributed by atoms with E-state index in [4.69, 9.17) is 5.73 Å². The van der Waals surface area contributed by atoms with Crippen molar-refractivity contribution in [3.8, 4) is 0 Å². The Kier molecular flexibility index (Phi) is 5.92. The first kappa shape index (κ1) is 16.4. The van der Waals surface area contributed by atoms with Crippen LogP contribution in [0.3, 0.4) is 0 Å². The SMILES string of the molecule is CCCCN(C(=O)c1cc(N)c(F)cc1F)C(C)CC. The van der Waals surface area contributed by atoms with Gasteiger partial charge in [-0.15, -0.1) is 0 Å². The molecule has 2 N–H and O–H groups in total. The summed E-state index contributed by atoms with van der Waals surface area (Å²) in [7, 11) is 0. The summed E-state index contributed by atoms with van der Waals surface area (Å²) < 4.78 is 26.9. The van der Waals surface area contributed by atoms with E-state index in [9.17, 15) is 13.6 Å². The second kappa shape index (κ2) is 7.22. The highest BCUT2D eigenvalue weighted by Crippen LogP contribution is 2.20. The highest BCUT2D eigenvalue weighted by atomic mass is 19.1. The molecule has 0 spiro atoms. The van der Waals surface area contributed by atoms with E-state index in [1.807, 2.05) is 20.8 Å². The maximum absolute atomic E-state index is 13.8. The summed E-state index contributed by atoms with van der Waals surface area (Å²) in [4.78, 5) is 14.1. The molecule has 1 amide bonds. The Balaban J connectivity index is 3.08. The maximum atomic E-state index is 13.8. The van der Waals surface area contributed by atoms with Crippen LogP contribution in [0, 0.1) is 11.6 Å². The number of unbranched alkanes of at least 4 members (excludes halogenated alkanes) is 1. The highest BCUT2D eigenvalue weighted by Gasteiger charge is 2.23. The number of nitrogens with zero attached hydrogens (tertiary/aromatic N) is 1. The van der Waals surface area contributed by atoms with Crippen LogP contribution in [0.15, 0.2) is 12.1 Å². The third-order valence-corrected chi connectivity index (χ3v) is 3.45. The average Bonchev–Trinajstić information content (AvgIpc) is 2.42. The van der Waals surface area contributed by atoms with Crippen molar-refractivity contribution >= 4 is 11.6 Å². The van der Waals surface area contributed by atoms with E-state index >= 15 is 0 Å². The van der Waals surface area contributed by atoms with Gasteiger partial charge in [0.1, 0.15) is 11.6 Å². The smallest absolute Gasteiger partial charge is 0.257 e. The van der Waals surface area contributed by atoms with Gasteiger partial charge in [-0.3, -0.25) is 4.79 Å². The topological polar surface area (TPSA) is 46.3 Å². The molecular weight excluding hydrogens is 262 g/mol. The van der Waals surface area contributed by atoms with Crippen molar-refractivity contribution < 1.29 is 13.6 Å². The summed E-state index contributed by atoms with van der Waals surface area (Å²) in [5.74, 6) is -2.15. The molecule has 0 heterocycles. The number of nitrogen functional groups attached to an aromatic ring is 1. The predicted molar refractivity (Wildman–Crippen MR) is 76.5 cm³/mol. The monoisotopic (exact) mass is 284 g/mol. The van der Waals surface area contributed by atoms with Crippen LogP contribution in [0.2, 0.25) is 0 Å². The number of nitrogens with two attached hydrogens (primary N) is 1. The number of halogens is 2. The second-order valence-corrected chi connectivity index (χ2v) is 4.96. The molecule has 20 heavy (non-hydrogen) atoms. The molecule has 1 aromatic rings. The molecule has 0 aliphatic rings. The van der Waals surface area contributed by atoms with Gasteiger partial charge in [-0.25, -0.2) is 8.78 Å². The molecular formula is C15H22F2N2O. The Morgan fingerprint density at radius 1 is 1.30 bits per heavy atom. The van der Waals surface area contributed by atoms with Crippen molar-refractivity contribution in [3.05, 3.63) is 29.3 Å². The van der Waals surface area contributed by atoms with Gasteiger partial charge < -0.3 is 10.6 Å². The first-order valence-corrected chi connectivity index (χ1v) is 6.97. The van der Waals surface area contributed by atoms with Crippen molar-refractivity contribution in [3.63, 3.8) is 0 Å². The van der Waals surface area contributed by atoms with Crippen molar-refractivity contribution in [1.29, 1.82) is 0 Å². The lowest BCUT2D eigenvalue weighted by Crippen LogP contribution is -2.39. The van der Waals surface area contributed by atoms with Gasteiger partial charge in [0.2, 0.25) is 0 Å². The van der Waals surface area contributed by atoms with Gasteiger partial charge in [-0.1, -0.05) is 20.3 Å². The highest BCUT2D eigenvalue weighted by molar-refractivity contribution is 5.95. The molecule has 3 nitrogen and oxygen atoms in total. The fraction of sp³-hybridized carbons (Fsp3) is 0.533. The van der Waals surface area contributed by atoms with E-state index in [1.165, 1.54) is 0 Å². The van der Waals surface area contributed by atoms with Gasteiger partial charge in [-0.05, 0) is 25.8 Å². The molecule has 1 rings (SSSR count). The van der Waals surface area contributed by atoms with Crippen LogP contribution in [0.25, 0.3) is 0 Å². The minimum absolute atomic E-state index is 0.000252. The number of benzene rings is 1. The van der Waals surface area contributed by atoms with Gasteiger partial charge in [0.25, 0.3) is 5.91 Å². The van der Waals surface area contributed by atoms with E-state index in [-0.39, 0.29) is 17.3 Å². The number of anilines is 1. The van der Waals surface area contributed by atoms with Crippen molar-refractivity contribution in [2.24, 2.45) is 0 Å². The third kappa shape index (κ3) is 3.68. The molecule has 0 fully saturated rings. The van der Waals surface area contributed by atoms with Crippen LogP contribution in [-0.2, 0) is 0 Å². The lowest BCUT2D eigenvalue weighted by molar-refractivity contribution is 0.0680. The van der Waals surface area contributed by atoms with Gasteiger partial charge in [0.15, 0.2) is 0 Å². The molecule has 1 aromatic carbocycles. The van der Waals surface area contributed by atoms with Gasteiger partial charge >= 0.3 is 0 Å². The number of hydrogen-bond donors (Lipinski definition) is 1. The van der Waals surface area contributed by atoms with Crippen LogP contribution in [0.1, 0.15) is 50.4 Å². The minimum atomic E-state index is -0.869. The summed E-state index contributed by atoms with van der Waals surface area (Å²) in [6.07, 6.45) is 2.55. The Labute approximate surface area is 118 Å². The predicted octanol–water partition coefficient (Wildman–Crippen LogP) is 3.59. The largest absolute Gasteiger partial charge is 0.396 e. The van der Waals surface area contributed by atoms with E-state index < -0.39 is 17.5 Å². The average molecular weight is 284 g/mol. The molecule has 0 bridgehead atoms. The second-order valence-electron chi connectivity index (χ2n) is 4.96. The summed E-state index contributed by atoms with van der Waals surface area (Å²) in [5, 5.41) is 0. The fourth-order valence-electron chi connectivity index (χ4n) is 1.96. The molecule has 112 valence electrons. The Morgan fingerprint density at radius 2 is 1.95 bits per heavy atom. The number of hydrogen-bond acceptors (Lipinski definition) is 2. The molecule has 0 aromatic heterocycles. The number of amides is 1. The van der Waals surface area contributed by atoms with Crippen LogP contribution in [0.5, 0.6) is 0 Å². The molecule has 0 saturated carbocycles. The van der Waals surface area contributed by atoms with E-state index in [2.05, 4.69) is 0 Å². The van der Waals surface area contributed by atoms with Gasteiger partial charge in [0, 0.05) is 18.7 Å². The Bertz CT molecular complexity index is 477. The van der Waals surface area contributed by atoms with E-state index in [0.717, 1.165) is 25.3 Å². The minimum Gasteiger partial charge on any atom is -0.396 e. The van der Waals surface area contributed by atoms with Crippen LogP contribution >= 0.6 is 0 Å². The number of rotatable bonds is 6. The zero-order chi connectivity index (χ0) is 15.3. The van der Waals surface area contributed by atoms with E-state index in [1.54, 1.807) is 4.90 Å². The first-order valence-electron chi connectivity index (χ1n) is 6.97. The van der Waals surface area contributed by atoms with E-state index in [0.29, 0.717) is 12.6 Å². The van der Waals surface area contributed by atoms with Crippen molar-refractivity contribution in [1.82, 2.24) is 4.90 Å². The lowest BCUT2D eigenvalue weighted by Gasteiger charge is -2.29. The molecule has 1 atom stereocenters. The van der Waals surface area contributed by atoms with Crippen LogP contribution in [0.4, 0.5) is 14.5 Å². The number of carbonyl (C=O) groups excluding carboxylic acids is 1. The Morgan fingerprint density at radius 3 is 2.50 bits per heavy atom. The Hall–Kier alpha value is -1.65. The first-order chi connectivity index (χ1) is 9.42. The molecule has 0 saturated heterocycles. The molecule has 0 aliphatic carbocycles. The summed E-state index contributed by atoms with van der Waals surface area (Å²) in [6.45, 7) is 6.46. The third-order valence-electron chi connectivity index (χ3n) is 3.45. The lowest BCUT2D eigenvalue weighted by atomic mass is 10.1. The fourth-order valence-corrected chi connectivity index (χ4v) is 1.96. The number of carbonyl (C=O) groups is 1. The van der Waals surface area contributed by atoms with Crippen molar-refractivity contribution in [2.45, 2.75) is 46.1 Å². The molecule has 0 aliphatic heterocycles. The van der Waals surface area contributed by atoms with Gasteiger partial charge in [-0.2, -0.15) is 0 Å².